The van der Waals surface area contributed by atoms with Crippen LogP contribution in [0.1, 0.15) is 24.3 Å². The molecule has 0 atom stereocenters. The Morgan fingerprint density at radius 2 is 2.27 bits per heavy atom. The van der Waals surface area contributed by atoms with Gasteiger partial charge in [0, 0.05) is 6.20 Å². The Balaban J connectivity index is 2.70. The van der Waals surface area contributed by atoms with E-state index >= 15 is 0 Å². The van der Waals surface area contributed by atoms with Gasteiger partial charge in [0.2, 0.25) is 0 Å². The van der Waals surface area contributed by atoms with Crippen LogP contribution in [0.2, 0.25) is 0 Å². The number of hydrogen-bond donors (Lipinski definition) is 0. The quantitative estimate of drug-likeness (QED) is 0.701. The highest BCUT2D eigenvalue weighted by atomic mass is 16.5. The highest BCUT2D eigenvalue weighted by Gasteiger charge is 2.09. The average molecular weight is 210 g/mol. The minimum Gasteiger partial charge on any atom is -0.464 e. The maximum atomic E-state index is 11.1. The number of methoxy groups -OCH3 is 1. The van der Waals surface area contributed by atoms with E-state index in [9.17, 15) is 4.79 Å². The topological polar surface area (TPSA) is 61.3 Å². The number of ether oxygens (including phenoxy) is 2. The minimum absolute atomic E-state index is 0.200. The van der Waals surface area contributed by atoms with Gasteiger partial charge in [-0.2, -0.15) is 4.98 Å². The van der Waals surface area contributed by atoms with E-state index in [0.717, 1.165) is 0 Å². The molecule has 1 aromatic rings. The Bertz CT molecular complexity index is 339. The molecule has 0 aliphatic carbocycles. The van der Waals surface area contributed by atoms with Gasteiger partial charge in [0.25, 0.3) is 0 Å². The van der Waals surface area contributed by atoms with Crippen molar-refractivity contribution in [1.82, 2.24) is 9.97 Å². The molecule has 0 spiro atoms. The van der Waals surface area contributed by atoms with Crippen molar-refractivity contribution in [3.05, 3.63) is 18.0 Å². The van der Waals surface area contributed by atoms with Crippen molar-refractivity contribution in [3.63, 3.8) is 0 Å². The Morgan fingerprint density at radius 3 is 2.87 bits per heavy atom. The Kier molecular flexibility index (Phi) is 4.03. The summed E-state index contributed by atoms with van der Waals surface area (Å²) in [7, 11) is 1.30. The summed E-state index contributed by atoms with van der Waals surface area (Å²) in [6.07, 6.45) is 1.47. The molecule has 0 fully saturated rings. The highest BCUT2D eigenvalue weighted by molar-refractivity contribution is 5.86. The fourth-order valence-electron chi connectivity index (χ4n) is 0.870. The van der Waals surface area contributed by atoms with Crippen LogP contribution in [0.25, 0.3) is 0 Å². The van der Waals surface area contributed by atoms with Crippen LogP contribution < -0.4 is 4.74 Å². The van der Waals surface area contributed by atoms with Crippen LogP contribution >= 0.6 is 0 Å². The maximum absolute atomic E-state index is 11.1. The van der Waals surface area contributed by atoms with E-state index in [4.69, 9.17) is 4.74 Å². The first-order chi connectivity index (χ1) is 7.13. The maximum Gasteiger partial charge on any atom is 0.356 e. The third-order valence-corrected chi connectivity index (χ3v) is 1.57. The van der Waals surface area contributed by atoms with Crippen molar-refractivity contribution in [2.45, 2.75) is 13.8 Å². The van der Waals surface area contributed by atoms with Crippen LogP contribution in [0.15, 0.2) is 12.3 Å². The zero-order valence-electron chi connectivity index (χ0n) is 9.06. The van der Waals surface area contributed by atoms with Gasteiger partial charge >= 0.3 is 12.0 Å². The normalized spacial score (nSPS) is 10.1. The summed E-state index contributed by atoms with van der Waals surface area (Å²) in [5, 5.41) is 0. The summed E-state index contributed by atoms with van der Waals surface area (Å²) in [5.74, 6) is -0.109. The first-order valence-electron chi connectivity index (χ1n) is 4.67. The van der Waals surface area contributed by atoms with E-state index in [-0.39, 0.29) is 11.7 Å². The van der Waals surface area contributed by atoms with Crippen molar-refractivity contribution >= 4 is 5.97 Å². The van der Waals surface area contributed by atoms with Crippen molar-refractivity contribution in [2.75, 3.05) is 13.7 Å². The van der Waals surface area contributed by atoms with E-state index in [2.05, 4.69) is 14.7 Å². The van der Waals surface area contributed by atoms with E-state index < -0.39 is 5.97 Å². The third-order valence-electron chi connectivity index (χ3n) is 1.57. The van der Waals surface area contributed by atoms with Gasteiger partial charge < -0.3 is 9.47 Å². The largest absolute Gasteiger partial charge is 0.464 e. The molecule has 1 heterocycles. The zero-order chi connectivity index (χ0) is 11.3. The fourth-order valence-corrected chi connectivity index (χ4v) is 0.870. The molecule has 0 unspecified atom stereocenters. The van der Waals surface area contributed by atoms with Crippen LogP contribution in [0.3, 0.4) is 0 Å². The number of nitrogens with zero attached hydrogens (tertiary/aromatic N) is 2. The molecule has 0 N–H and O–H groups in total. The van der Waals surface area contributed by atoms with Gasteiger partial charge in [0.1, 0.15) is 0 Å². The number of aromatic nitrogens is 2. The van der Waals surface area contributed by atoms with E-state index in [1.54, 1.807) is 0 Å². The molecule has 0 saturated carbocycles. The average Bonchev–Trinajstić information content (AvgIpc) is 2.25. The lowest BCUT2D eigenvalue weighted by Gasteiger charge is -2.06. The van der Waals surface area contributed by atoms with Crippen LogP contribution in [-0.4, -0.2) is 29.7 Å². The highest BCUT2D eigenvalue weighted by Crippen LogP contribution is 2.05. The second kappa shape index (κ2) is 5.29. The Hall–Kier alpha value is -1.65. The number of carbonyl (C=O) groups excluding carboxylic acids is 1. The lowest BCUT2D eigenvalue weighted by molar-refractivity contribution is 0.0592. The first kappa shape index (κ1) is 11.4. The first-order valence-corrected chi connectivity index (χ1v) is 4.67. The summed E-state index contributed by atoms with van der Waals surface area (Å²) < 4.78 is 9.80. The molecule has 0 aliphatic heterocycles. The molecule has 82 valence electrons. The summed E-state index contributed by atoms with van der Waals surface area (Å²) in [6, 6.07) is 1.68. The third kappa shape index (κ3) is 3.53. The summed E-state index contributed by atoms with van der Waals surface area (Å²) in [5.41, 5.74) is 0.200. The smallest absolute Gasteiger partial charge is 0.356 e. The SMILES string of the molecule is COC(=O)c1ccnc(OCC(C)C)n1. The molecule has 0 radical (unpaired) electrons. The van der Waals surface area contributed by atoms with Gasteiger partial charge in [0.05, 0.1) is 13.7 Å². The number of rotatable bonds is 4. The lowest BCUT2D eigenvalue weighted by Crippen LogP contribution is -2.10. The molecular weight excluding hydrogens is 196 g/mol. The summed E-state index contributed by atoms with van der Waals surface area (Å²) in [4.78, 5) is 18.9. The zero-order valence-corrected chi connectivity index (χ0v) is 9.06. The molecular formula is C10H14N2O3. The fraction of sp³-hybridized carbons (Fsp3) is 0.500. The molecule has 1 rings (SSSR count). The van der Waals surface area contributed by atoms with Crippen molar-refractivity contribution in [3.8, 4) is 6.01 Å². The van der Waals surface area contributed by atoms with Gasteiger partial charge in [-0.1, -0.05) is 13.8 Å². The van der Waals surface area contributed by atoms with Crippen molar-refractivity contribution in [2.24, 2.45) is 5.92 Å². The molecule has 0 aromatic carbocycles. The molecule has 5 heteroatoms. The minimum atomic E-state index is -0.494. The van der Waals surface area contributed by atoms with Crippen molar-refractivity contribution < 1.29 is 14.3 Å². The molecule has 0 amide bonds. The molecule has 0 saturated heterocycles. The van der Waals surface area contributed by atoms with Gasteiger partial charge in [-0.3, -0.25) is 0 Å². The predicted molar refractivity (Wildman–Crippen MR) is 53.7 cm³/mol. The second-order valence-electron chi connectivity index (χ2n) is 3.42. The molecule has 5 nitrogen and oxygen atoms in total. The van der Waals surface area contributed by atoms with Gasteiger partial charge in [-0.05, 0) is 12.0 Å². The Morgan fingerprint density at radius 1 is 1.53 bits per heavy atom. The van der Waals surface area contributed by atoms with Crippen LogP contribution in [-0.2, 0) is 4.74 Å². The number of carbonyl (C=O) groups is 1. The van der Waals surface area contributed by atoms with E-state index in [1.165, 1.54) is 19.4 Å². The van der Waals surface area contributed by atoms with Gasteiger partial charge in [-0.15, -0.1) is 0 Å². The van der Waals surface area contributed by atoms with Crippen molar-refractivity contribution in [1.29, 1.82) is 0 Å². The van der Waals surface area contributed by atoms with E-state index in [1.807, 2.05) is 13.8 Å². The second-order valence-corrected chi connectivity index (χ2v) is 3.42. The number of hydrogen-bond acceptors (Lipinski definition) is 5. The monoisotopic (exact) mass is 210 g/mol. The van der Waals surface area contributed by atoms with Gasteiger partial charge in [-0.25, -0.2) is 9.78 Å². The predicted octanol–water partition coefficient (Wildman–Crippen LogP) is 1.30. The lowest BCUT2D eigenvalue weighted by atomic mass is 10.2. The Labute approximate surface area is 88.4 Å². The summed E-state index contributed by atoms with van der Waals surface area (Å²) >= 11 is 0. The molecule has 15 heavy (non-hydrogen) atoms. The summed E-state index contributed by atoms with van der Waals surface area (Å²) in [6.45, 7) is 4.55. The van der Waals surface area contributed by atoms with Gasteiger partial charge in [0.15, 0.2) is 5.69 Å². The molecule has 0 bridgehead atoms. The van der Waals surface area contributed by atoms with Crippen LogP contribution in [0, 0.1) is 5.92 Å². The molecule has 1 aromatic heterocycles. The van der Waals surface area contributed by atoms with E-state index in [0.29, 0.717) is 12.5 Å². The molecule has 0 aliphatic rings. The number of esters is 1. The van der Waals surface area contributed by atoms with Crippen LogP contribution in [0.4, 0.5) is 0 Å². The standard InChI is InChI=1S/C10H14N2O3/c1-7(2)6-15-10-11-5-4-8(12-10)9(13)14-3/h4-5,7H,6H2,1-3H3. The van der Waals surface area contributed by atoms with Crippen LogP contribution in [0.5, 0.6) is 6.01 Å².